The van der Waals surface area contributed by atoms with Gasteiger partial charge in [-0.05, 0) is 31.0 Å². The van der Waals surface area contributed by atoms with Gasteiger partial charge in [-0.25, -0.2) is 4.98 Å². The van der Waals surface area contributed by atoms with Crippen LogP contribution in [0, 0.1) is 6.92 Å². The molecule has 1 aromatic heterocycles. The van der Waals surface area contributed by atoms with Crippen molar-refractivity contribution in [3.8, 4) is 5.75 Å². The number of aryl methyl sites for hydroxylation is 1. The summed E-state index contributed by atoms with van der Waals surface area (Å²) in [7, 11) is 1.64. The summed E-state index contributed by atoms with van der Waals surface area (Å²) in [6, 6.07) is 5.96. The molecular formula is C18H23F3N4OS. The lowest BCUT2D eigenvalue weighted by molar-refractivity contribution is -0.140. The maximum Gasteiger partial charge on any atom is 0.434 e. The van der Waals surface area contributed by atoms with E-state index in [0.29, 0.717) is 37.1 Å². The first-order valence-electron chi connectivity index (χ1n) is 8.52. The molecule has 27 heavy (non-hydrogen) atoms. The van der Waals surface area contributed by atoms with Crippen LogP contribution in [-0.2, 0) is 19.1 Å². The average molecular weight is 400 g/mol. The van der Waals surface area contributed by atoms with Gasteiger partial charge in [-0.2, -0.15) is 13.2 Å². The van der Waals surface area contributed by atoms with Crippen molar-refractivity contribution in [3.63, 3.8) is 0 Å². The highest BCUT2D eigenvalue weighted by Crippen LogP contribution is 2.30. The van der Waals surface area contributed by atoms with Gasteiger partial charge in [0, 0.05) is 31.9 Å². The number of benzene rings is 1. The summed E-state index contributed by atoms with van der Waals surface area (Å²) in [5, 5.41) is 7.74. The van der Waals surface area contributed by atoms with Crippen LogP contribution in [0.3, 0.4) is 0 Å². The van der Waals surface area contributed by atoms with Crippen molar-refractivity contribution in [3.05, 3.63) is 45.4 Å². The summed E-state index contributed by atoms with van der Waals surface area (Å²) in [4.78, 5) is 7.73. The number of nitrogens with zero attached hydrogens (tertiary/aromatic N) is 2. The van der Waals surface area contributed by atoms with Crippen molar-refractivity contribution in [1.29, 1.82) is 0 Å². The molecular weight excluding hydrogens is 377 g/mol. The molecule has 2 N–H and O–H groups in total. The van der Waals surface area contributed by atoms with Gasteiger partial charge in [0.1, 0.15) is 5.75 Å². The maximum absolute atomic E-state index is 12.6. The van der Waals surface area contributed by atoms with E-state index in [1.807, 2.05) is 32.0 Å². The fourth-order valence-corrected chi connectivity index (χ4v) is 3.19. The van der Waals surface area contributed by atoms with E-state index in [9.17, 15) is 13.2 Å². The Morgan fingerprint density at radius 1 is 1.30 bits per heavy atom. The summed E-state index contributed by atoms with van der Waals surface area (Å²) in [5.74, 6) is 1.44. The molecule has 0 atom stereocenters. The number of thiazole rings is 1. The molecule has 0 bridgehead atoms. The molecule has 0 fully saturated rings. The zero-order valence-electron chi connectivity index (χ0n) is 15.5. The lowest BCUT2D eigenvalue weighted by Crippen LogP contribution is -2.37. The van der Waals surface area contributed by atoms with Crippen molar-refractivity contribution in [1.82, 2.24) is 15.6 Å². The number of alkyl halides is 3. The third-order valence-electron chi connectivity index (χ3n) is 3.70. The minimum atomic E-state index is -4.39. The molecule has 148 valence electrons. The van der Waals surface area contributed by atoms with Crippen molar-refractivity contribution in [2.24, 2.45) is 4.99 Å². The van der Waals surface area contributed by atoms with Crippen LogP contribution in [0.1, 0.15) is 28.8 Å². The van der Waals surface area contributed by atoms with Crippen LogP contribution in [0.4, 0.5) is 13.2 Å². The van der Waals surface area contributed by atoms with Crippen molar-refractivity contribution < 1.29 is 17.9 Å². The average Bonchev–Trinajstić information content (AvgIpc) is 3.09. The number of hydrogen-bond donors (Lipinski definition) is 2. The number of ether oxygens (including phenoxy) is 1. The molecule has 9 heteroatoms. The van der Waals surface area contributed by atoms with Gasteiger partial charge in [-0.15, -0.1) is 11.3 Å². The topological polar surface area (TPSA) is 58.5 Å². The van der Waals surface area contributed by atoms with Crippen LogP contribution in [0.15, 0.2) is 28.6 Å². The van der Waals surface area contributed by atoms with Crippen LogP contribution in [0.25, 0.3) is 0 Å². The molecule has 2 rings (SSSR count). The van der Waals surface area contributed by atoms with E-state index in [1.165, 1.54) is 0 Å². The van der Waals surface area contributed by atoms with E-state index >= 15 is 0 Å². The van der Waals surface area contributed by atoms with Gasteiger partial charge < -0.3 is 15.4 Å². The van der Waals surface area contributed by atoms with Gasteiger partial charge in [0.05, 0.1) is 11.6 Å². The molecule has 0 aliphatic carbocycles. The standard InChI is InChI=1S/C18H23F3N4OS/c1-4-26-14-6-5-13(9-12(14)2)10-24-17(22-3)23-8-7-16-25-15(11-27-16)18(19,20)21/h5-6,9,11H,4,7-8,10H2,1-3H3,(H2,22,23,24). The second kappa shape index (κ2) is 9.59. The molecule has 0 unspecified atom stereocenters. The number of nitrogens with one attached hydrogen (secondary N) is 2. The largest absolute Gasteiger partial charge is 0.494 e. The van der Waals surface area contributed by atoms with Crippen molar-refractivity contribution in [2.45, 2.75) is 33.0 Å². The normalized spacial score (nSPS) is 12.1. The van der Waals surface area contributed by atoms with Crippen LogP contribution in [0.5, 0.6) is 5.75 Å². The Kier molecular flexibility index (Phi) is 7.46. The molecule has 0 amide bonds. The molecule has 0 spiro atoms. The van der Waals surface area contributed by atoms with Crippen LogP contribution < -0.4 is 15.4 Å². The first-order valence-corrected chi connectivity index (χ1v) is 9.40. The first kappa shape index (κ1) is 21.0. The Labute approximate surface area is 160 Å². The lowest BCUT2D eigenvalue weighted by atomic mass is 10.1. The predicted molar refractivity (Wildman–Crippen MR) is 101 cm³/mol. The van der Waals surface area contributed by atoms with E-state index in [1.54, 1.807) is 7.05 Å². The highest BCUT2D eigenvalue weighted by Gasteiger charge is 2.33. The number of halogens is 3. The highest BCUT2D eigenvalue weighted by molar-refractivity contribution is 7.09. The molecule has 5 nitrogen and oxygen atoms in total. The maximum atomic E-state index is 12.6. The smallest absolute Gasteiger partial charge is 0.434 e. The van der Waals surface area contributed by atoms with Gasteiger partial charge in [0.2, 0.25) is 0 Å². The Balaban J connectivity index is 1.81. The molecule has 2 aromatic rings. The molecule has 1 heterocycles. The lowest BCUT2D eigenvalue weighted by Gasteiger charge is -2.13. The summed E-state index contributed by atoms with van der Waals surface area (Å²) >= 11 is 1.01. The van der Waals surface area contributed by atoms with E-state index in [4.69, 9.17) is 4.74 Å². The molecule has 0 aliphatic rings. The van der Waals surface area contributed by atoms with Crippen molar-refractivity contribution >= 4 is 17.3 Å². The summed E-state index contributed by atoms with van der Waals surface area (Å²) in [6.07, 6.45) is -4.00. The highest BCUT2D eigenvalue weighted by atomic mass is 32.1. The van der Waals surface area contributed by atoms with Gasteiger partial charge in [0.15, 0.2) is 11.7 Å². The second-order valence-corrected chi connectivity index (χ2v) is 6.70. The Morgan fingerprint density at radius 3 is 2.67 bits per heavy atom. The zero-order valence-corrected chi connectivity index (χ0v) is 16.3. The molecule has 0 saturated carbocycles. The van der Waals surface area contributed by atoms with Crippen LogP contribution in [-0.4, -0.2) is 31.1 Å². The third kappa shape index (κ3) is 6.42. The summed E-state index contributed by atoms with van der Waals surface area (Å²) in [6.45, 7) is 5.57. The van der Waals surface area contributed by atoms with Gasteiger partial charge in [0.25, 0.3) is 0 Å². The molecule has 0 radical (unpaired) electrons. The summed E-state index contributed by atoms with van der Waals surface area (Å²) < 4.78 is 43.2. The zero-order chi connectivity index (χ0) is 19.9. The predicted octanol–water partition coefficient (Wildman–Crippen LogP) is 3.78. The Morgan fingerprint density at radius 2 is 2.07 bits per heavy atom. The SMILES string of the molecule is CCOc1ccc(CNC(=NC)NCCc2nc(C(F)(F)F)cs2)cc1C. The van der Waals surface area contributed by atoms with Gasteiger partial charge in [-0.1, -0.05) is 12.1 Å². The number of aliphatic imine (C=N–C) groups is 1. The van der Waals surface area contributed by atoms with E-state index in [2.05, 4.69) is 20.6 Å². The van der Waals surface area contributed by atoms with E-state index in [0.717, 1.165) is 33.6 Å². The molecule has 0 saturated heterocycles. The van der Waals surface area contributed by atoms with E-state index < -0.39 is 11.9 Å². The van der Waals surface area contributed by atoms with Gasteiger partial charge in [-0.3, -0.25) is 4.99 Å². The monoisotopic (exact) mass is 400 g/mol. The van der Waals surface area contributed by atoms with E-state index in [-0.39, 0.29) is 0 Å². The minimum absolute atomic E-state index is 0.392. The van der Waals surface area contributed by atoms with Crippen LogP contribution >= 0.6 is 11.3 Å². The quantitative estimate of drug-likeness (QED) is 0.549. The van der Waals surface area contributed by atoms with Crippen molar-refractivity contribution in [2.75, 3.05) is 20.2 Å². The number of aromatic nitrogens is 1. The second-order valence-electron chi connectivity index (χ2n) is 5.76. The summed E-state index contributed by atoms with van der Waals surface area (Å²) in [5.41, 5.74) is 1.30. The first-order chi connectivity index (χ1) is 12.8. The number of hydrogen-bond acceptors (Lipinski definition) is 4. The third-order valence-corrected chi connectivity index (χ3v) is 4.60. The number of guanidine groups is 1. The Bertz CT molecular complexity index is 774. The van der Waals surface area contributed by atoms with Gasteiger partial charge >= 0.3 is 6.18 Å². The fraction of sp³-hybridized carbons (Fsp3) is 0.444. The minimum Gasteiger partial charge on any atom is -0.494 e. The molecule has 0 aliphatic heterocycles. The molecule has 1 aromatic carbocycles. The fourth-order valence-electron chi connectivity index (χ4n) is 2.39. The van der Waals surface area contributed by atoms with Crippen LogP contribution in [0.2, 0.25) is 0 Å². The Hall–Kier alpha value is -2.29. The number of rotatable bonds is 7.